The number of aryl methyl sites for hydroxylation is 1. The Morgan fingerprint density at radius 1 is 1.33 bits per heavy atom. The minimum Gasteiger partial charge on any atom is -0.357 e. The summed E-state index contributed by atoms with van der Waals surface area (Å²) in [4.78, 5) is 3.50. The van der Waals surface area contributed by atoms with E-state index in [9.17, 15) is 0 Å². The van der Waals surface area contributed by atoms with Crippen molar-refractivity contribution in [1.82, 2.24) is 4.98 Å². The molecule has 80 valence electrons. The van der Waals surface area contributed by atoms with Crippen LogP contribution in [0.4, 0.5) is 0 Å². The van der Waals surface area contributed by atoms with E-state index in [1.165, 1.54) is 22.2 Å². The summed E-state index contributed by atoms with van der Waals surface area (Å²) in [6, 6.07) is 8.70. The van der Waals surface area contributed by atoms with Crippen molar-refractivity contribution in [2.75, 3.05) is 0 Å². The van der Waals surface area contributed by atoms with E-state index in [0.717, 1.165) is 5.75 Å². The highest BCUT2D eigenvalue weighted by Crippen LogP contribution is 2.23. The zero-order valence-electron chi connectivity index (χ0n) is 9.50. The third-order valence-electron chi connectivity index (χ3n) is 2.49. The summed E-state index contributed by atoms with van der Waals surface area (Å²) in [5, 5.41) is 2.02. The Bertz CT molecular complexity index is 457. The topological polar surface area (TPSA) is 15.8 Å². The molecule has 0 amide bonds. The van der Waals surface area contributed by atoms with Crippen molar-refractivity contribution < 1.29 is 0 Å². The third kappa shape index (κ3) is 2.37. The van der Waals surface area contributed by atoms with Gasteiger partial charge in [-0.1, -0.05) is 32.0 Å². The van der Waals surface area contributed by atoms with Crippen molar-refractivity contribution in [1.29, 1.82) is 0 Å². The Kier molecular flexibility index (Phi) is 3.06. The van der Waals surface area contributed by atoms with Crippen LogP contribution in [0.25, 0.3) is 10.9 Å². The number of fused-ring (bicyclic) bond motifs is 1. The van der Waals surface area contributed by atoms with Crippen LogP contribution in [-0.2, 0) is 5.75 Å². The molecule has 0 aliphatic heterocycles. The molecule has 1 N–H and O–H groups in total. The number of rotatable bonds is 3. The molecule has 0 aliphatic carbocycles. The molecule has 15 heavy (non-hydrogen) atoms. The zero-order chi connectivity index (χ0) is 10.8. The summed E-state index contributed by atoms with van der Waals surface area (Å²) in [5.74, 6) is 1.08. The van der Waals surface area contributed by atoms with Crippen LogP contribution < -0.4 is 0 Å². The summed E-state index contributed by atoms with van der Waals surface area (Å²) < 4.78 is 0. The van der Waals surface area contributed by atoms with Crippen molar-refractivity contribution in [3.8, 4) is 0 Å². The molecular formula is C13H17NS. The fourth-order valence-electron chi connectivity index (χ4n) is 1.70. The largest absolute Gasteiger partial charge is 0.357 e. The van der Waals surface area contributed by atoms with Gasteiger partial charge in [0.1, 0.15) is 0 Å². The first-order valence-electron chi connectivity index (χ1n) is 5.35. The maximum absolute atomic E-state index is 3.50. The normalized spacial score (nSPS) is 11.5. The average molecular weight is 219 g/mol. The van der Waals surface area contributed by atoms with Crippen molar-refractivity contribution >= 4 is 22.7 Å². The van der Waals surface area contributed by atoms with Gasteiger partial charge in [0.15, 0.2) is 0 Å². The minimum atomic E-state index is 0.692. The number of thioether (sulfide) groups is 1. The Hall–Kier alpha value is -0.890. The number of H-pyrrole nitrogens is 1. The lowest BCUT2D eigenvalue weighted by Crippen LogP contribution is -1.88. The molecular weight excluding hydrogens is 202 g/mol. The highest BCUT2D eigenvalue weighted by Gasteiger charge is 2.03. The van der Waals surface area contributed by atoms with Crippen molar-refractivity contribution in [2.45, 2.75) is 31.8 Å². The van der Waals surface area contributed by atoms with Gasteiger partial charge in [0, 0.05) is 17.0 Å². The number of hydrogen-bond donors (Lipinski definition) is 1. The van der Waals surface area contributed by atoms with E-state index in [-0.39, 0.29) is 0 Å². The summed E-state index contributed by atoms with van der Waals surface area (Å²) in [6.45, 7) is 6.62. The van der Waals surface area contributed by atoms with E-state index in [2.05, 4.69) is 50.0 Å². The van der Waals surface area contributed by atoms with Gasteiger partial charge >= 0.3 is 0 Å². The molecule has 0 bridgehead atoms. The molecule has 1 aromatic heterocycles. The molecule has 0 fully saturated rings. The summed E-state index contributed by atoms with van der Waals surface area (Å²) in [7, 11) is 0. The van der Waals surface area contributed by atoms with Crippen molar-refractivity contribution in [3.63, 3.8) is 0 Å². The number of nitrogens with one attached hydrogen (secondary N) is 1. The second-order valence-electron chi connectivity index (χ2n) is 4.19. The molecule has 2 rings (SSSR count). The van der Waals surface area contributed by atoms with E-state index in [1.54, 1.807) is 0 Å². The predicted octanol–water partition coefficient (Wildman–Crippen LogP) is 4.12. The van der Waals surface area contributed by atoms with Crippen LogP contribution in [0.15, 0.2) is 24.3 Å². The molecule has 0 radical (unpaired) electrons. The lowest BCUT2D eigenvalue weighted by atomic mass is 10.2. The number of hydrogen-bond acceptors (Lipinski definition) is 1. The van der Waals surface area contributed by atoms with Gasteiger partial charge in [0.25, 0.3) is 0 Å². The lowest BCUT2D eigenvalue weighted by Gasteiger charge is -2.01. The molecule has 0 unspecified atom stereocenters. The number of para-hydroxylation sites is 1. The van der Waals surface area contributed by atoms with Gasteiger partial charge < -0.3 is 4.98 Å². The van der Waals surface area contributed by atoms with Crippen LogP contribution in [0.1, 0.15) is 25.1 Å². The monoisotopic (exact) mass is 219 g/mol. The molecule has 1 aromatic carbocycles. The Labute approximate surface area is 95.3 Å². The Balaban J connectivity index is 2.27. The first-order chi connectivity index (χ1) is 7.16. The smallest absolute Gasteiger partial charge is 0.0486 e. The fourth-order valence-corrected chi connectivity index (χ4v) is 2.37. The van der Waals surface area contributed by atoms with E-state index in [4.69, 9.17) is 0 Å². The highest BCUT2D eigenvalue weighted by atomic mass is 32.2. The fraction of sp³-hybridized carbons (Fsp3) is 0.385. The second kappa shape index (κ2) is 4.31. The van der Waals surface area contributed by atoms with Crippen LogP contribution in [0.5, 0.6) is 0 Å². The maximum atomic E-state index is 3.50. The van der Waals surface area contributed by atoms with Gasteiger partial charge in [-0.3, -0.25) is 0 Å². The van der Waals surface area contributed by atoms with Gasteiger partial charge in [-0.15, -0.1) is 0 Å². The molecule has 0 saturated carbocycles. The van der Waals surface area contributed by atoms with Crippen LogP contribution in [0.3, 0.4) is 0 Å². The van der Waals surface area contributed by atoms with Crippen LogP contribution >= 0.6 is 11.8 Å². The predicted molar refractivity (Wildman–Crippen MR) is 69.5 cm³/mol. The Morgan fingerprint density at radius 3 is 2.80 bits per heavy atom. The number of benzene rings is 1. The van der Waals surface area contributed by atoms with Gasteiger partial charge in [-0.2, -0.15) is 11.8 Å². The second-order valence-corrected chi connectivity index (χ2v) is 5.76. The van der Waals surface area contributed by atoms with Crippen molar-refractivity contribution in [2.24, 2.45) is 0 Å². The first-order valence-corrected chi connectivity index (χ1v) is 6.40. The molecule has 1 nitrogen and oxygen atoms in total. The van der Waals surface area contributed by atoms with Crippen LogP contribution in [0.2, 0.25) is 0 Å². The third-order valence-corrected chi connectivity index (χ3v) is 3.64. The Morgan fingerprint density at radius 2 is 2.13 bits per heavy atom. The molecule has 1 heterocycles. The summed E-state index contributed by atoms with van der Waals surface area (Å²) in [5.41, 5.74) is 3.95. The van der Waals surface area contributed by atoms with E-state index in [0.29, 0.717) is 5.25 Å². The first kappa shape index (κ1) is 10.6. The van der Waals surface area contributed by atoms with Gasteiger partial charge in [0.2, 0.25) is 0 Å². The van der Waals surface area contributed by atoms with Crippen molar-refractivity contribution in [3.05, 3.63) is 35.5 Å². The van der Waals surface area contributed by atoms with Crippen LogP contribution in [0, 0.1) is 6.92 Å². The standard InChI is InChI=1S/C13H17NS/c1-9(2)15-8-12-7-11-6-4-5-10(3)13(11)14-12/h4-7,9,14H,8H2,1-3H3. The number of aromatic amines is 1. The summed E-state index contributed by atoms with van der Waals surface area (Å²) >= 11 is 1.97. The summed E-state index contributed by atoms with van der Waals surface area (Å²) in [6.07, 6.45) is 0. The molecule has 0 aliphatic rings. The van der Waals surface area contributed by atoms with E-state index in [1.807, 2.05) is 11.8 Å². The molecule has 0 saturated heterocycles. The maximum Gasteiger partial charge on any atom is 0.0486 e. The quantitative estimate of drug-likeness (QED) is 0.821. The van der Waals surface area contributed by atoms with Gasteiger partial charge in [-0.05, 0) is 29.2 Å². The molecule has 0 spiro atoms. The SMILES string of the molecule is Cc1cccc2cc(CSC(C)C)[nH]c12. The van der Waals surface area contributed by atoms with Gasteiger partial charge in [-0.25, -0.2) is 0 Å². The highest BCUT2D eigenvalue weighted by molar-refractivity contribution is 7.99. The lowest BCUT2D eigenvalue weighted by molar-refractivity contribution is 1.10. The average Bonchev–Trinajstić information content (AvgIpc) is 2.59. The molecule has 2 aromatic rings. The number of aromatic nitrogens is 1. The van der Waals surface area contributed by atoms with E-state index < -0.39 is 0 Å². The minimum absolute atomic E-state index is 0.692. The zero-order valence-corrected chi connectivity index (χ0v) is 10.3. The molecule has 2 heteroatoms. The molecule has 0 atom stereocenters. The van der Waals surface area contributed by atoms with Crippen LogP contribution in [-0.4, -0.2) is 10.2 Å². The van der Waals surface area contributed by atoms with Gasteiger partial charge in [0.05, 0.1) is 0 Å². The van der Waals surface area contributed by atoms with E-state index >= 15 is 0 Å².